The van der Waals surface area contributed by atoms with Crippen LogP contribution in [0, 0.1) is 5.82 Å². The van der Waals surface area contributed by atoms with E-state index in [9.17, 15) is 9.18 Å². The molecule has 0 saturated carbocycles. The van der Waals surface area contributed by atoms with Crippen molar-refractivity contribution in [2.24, 2.45) is 0 Å². The zero-order chi connectivity index (χ0) is 20.4. The standard InChI is InChI=1S/C23H18BrClFNO2/c24-18-13-22-16(12-20(18)26)10-11-21(17-8-4-5-9-19(17)25)27(22)23(28)29-14-15-6-2-1-3-7-15/h1-9,12-13,21H,10-11,14H2. The van der Waals surface area contributed by atoms with Crippen LogP contribution in [0.5, 0.6) is 0 Å². The number of nitrogens with zero attached hydrogens (tertiary/aromatic N) is 1. The summed E-state index contributed by atoms with van der Waals surface area (Å²) in [5.74, 6) is -0.349. The number of hydrogen-bond donors (Lipinski definition) is 0. The molecule has 3 aromatic carbocycles. The lowest BCUT2D eigenvalue weighted by molar-refractivity contribution is 0.143. The number of anilines is 1. The topological polar surface area (TPSA) is 29.5 Å². The largest absolute Gasteiger partial charge is 0.444 e. The van der Waals surface area contributed by atoms with E-state index in [-0.39, 0.29) is 18.5 Å². The molecular formula is C23H18BrClFNO2. The zero-order valence-electron chi connectivity index (χ0n) is 15.4. The van der Waals surface area contributed by atoms with Crippen molar-refractivity contribution >= 4 is 39.3 Å². The first-order valence-electron chi connectivity index (χ1n) is 9.27. The maximum atomic E-state index is 14.1. The fraction of sp³-hybridized carbons (Fsp3) is 0.174. The number of hydrogen-bond acceptors (Lipinski definition) is 2. The maximum absolute atomic E-state index is 14.1. The Kier molecular flexibility index (Phi) is 5.88. The average Bonchev–Trinajstić information content (AvgIpc) is 2.73. The molecule has 1 atom stereocenters. The quantitative estimate of drug-likeness (QED) is 0.406. The summed E-state index contributed by atoms with van der Waals surface area (Å²) < 4.78 is 20.0. The second kappa shape index (κ2) is 8.56. The molecule has 0 spiro atoms. The van der Waals surface area contributed by atoms with Crippen molar-refractivity contribution in [3.05, 3.63) is 98.7 Å². The van der Waals surface area contributed by atoms with E-state index in [4.69, 9.17) is 16.3 Å². The molecule has 1 unspecified atom stereocenters. The Morgan fingerprint density at radius 2 is 1.86 bits per heavy atom. The van der Waals surface area contributed by atoms with Gasteiger partial charge in [0.05, 0.1) is 16.2 Å². The number of carbonyl (C=O) groups is 1. The van der Waals surface area contributed by atoms with Gasteiger partial charge in [-0.3, -0.25) is 4.90 Å². The van der Waals surface area contributed by atoms with Gasteiger partial charge in [0.1, 0.15) is 12.4 Å². The second-order valence-electron chi connectivity index (χ2n) is 6.88. The van der Waals surface area contributed by atoms with Crippen molar-refractivity contribution in [3.8, 4) is 0 Å². The SMILES string of the molecule is O=C(OCc1ccccc1)N1c2cc(Br)c(F)cc2CCC1c1ccccc1Cl. The molecule has 1 aliphatic heterocycles. The van der Waals surface area contributed by atoms with Crippen molar-refractivity contribution < 1.29 is 13.9 Å². The lowest BCUT2D eigenvalue weighted by atomic mass is 9.91. The molecule has 1 amide bonds. The number of aryl methyl sites for hydroxylation is 1. The molecule has 29 heavy (non-hydrogen) atoms. The molecule has 1 heterocycles. The monoisotopic (exact) mass is 473 g/mol. The van der Waals surface area contributed by atoms with Gasteiger partial charge in [-0.15, -0.1) is 0 Å². The van der Waals surface area contributed by atoms with E-state index >= 15 is 0 Å². The van der Waals surface area contributed by atoms with Crippen LogP contribution in [0.2, 0.25) is 5.02 Å². The molecule has 3 nitrogen and oxygen atoms in total. The Bertz CT molecular complexity index is 1040. The minimum Gasteiger partial charge on any atom is -0.444 e. The summed E-state index contributed by atoms with van der Waals surface area (Å²) in [6.07, 6.45) is 0.772. The Hall–Kier alpha value is -2.37. The molecule has 148 valence electrons. The van der Waals surface area contributed by atoms with Crippen LogP contribution >= 0.6 is 27.5 Å². The van der Waals surface area contributed by atoms with E-state index in [0.717, 1.165) is 16.7 Å². The van der Waals surface area contributed by atoms with Gasteiger partial charge >= 0.3 is 6.09 Å². The van der Waals surface area contributed by atoms with Gasteiger partial charge in [-0.05, 0) is 63.7 Å². The highest BCUT2D eigenvalue weighted by Crippen LogP contribution is 2.42. The molecular weight excluding hydrogens is 457 g/mol. The molecule has 0 bridgehead atoms. The van der Waals surface area contributed by atoms with Crippen molar-refractivity contribution in [2.75, 3.05) is 4.90 Å². The third-order valence-corrected chi connectivity index (χ3v) is 6.00. The highest BCUT2D eigenvalue weighted by atomic mass is 79.9. The minimum atomic E-state index is -0.488. The van der Waals surface area contributed by atoms with Gasteiger partial charge in [-0.1, -0.05) is 60.1 Å². The van der Waals surface area contributed by atoms with Gasteiger partial charge in [-0.2, -0.15) is 0 Å². The van der Waals surface area contributed by atoms with Crippen LogP contribution in [-0.2, 0) is 17.8 Å². The van der Waals surface area contributed by atoms with Crippen LogP contribution in [-0.4, -0.2) is 6.09 Å². The van der Waals surface area contributed by atoms with Gasteiger partial charge in [0.15, 0.2) is 0 Å². The third kappa shape index (κ3) is 4.16. The molecule has 0 aliphatic carbocycles. The molecule has 4 rings (SSSR count). The van der Waals surface area contributed by atoms with E-state index in [0.29, 0.717) is 28.0 Å². The molecule has 0 radical (unpaired) electrons. The van der Waals surface area contributed by atoms with Crippen molar-refractivity contribution in [1.82, 2.24) is 0 Å². The second-order valence-corrected chi connectivity index (χ2v) is 8.14. The van der Waals surface area contributed by atoms with Crippen LogP contribution < -0.4 is 4.90 Å². The number of carbonyl (C=O) groups excluding carboxylic acids is 1. The Morgan fingerprint density at radius 1 is 1.14 bits per heavy atom. The summed E-state index contributed by atoms with van der Waals surface area (Å²) in [7, 11) is 0. The number of amides is 1. The highest BCUT2D eigenvalue weighted by molar-refractivity contribution is 9.10. The molecule has 6 heteroatoms. The summed E-state index contributed by atoms with van der Waals surface area (Å²) in [4.78, 5) is 14.8. The van der Waals surface area contributed by atoms with E-state index < -0.39 is 6.09 Å². The van der Waals surface area contributed by atoms with Crippen LogP contribution in [0.15, 0.2) is 71.2 Å². The first kappa shape index (κ1) is 19.9. The smallest absolute Gasteiger partial charge is 0.415 e. The molecule has 1 aliphatic rings. The van der Waals surface area contributed by atoms with Crippen molar-refractivity contribution in [2.45, 2.75) is 25.5 Å². The van der Waals surface area contributed by atoms with Gasteiger partial charge in [0, 0.05) is 5.02 Å². The summed E-state index contributed by atoms with van der Waals surface area (Å²) in [5.41, 5.74) is 3.14. The molecule has 0 fully saturated rings. The number of benzene rings is 3. The van der Waals surface area contributed by atoms with E-state index in [2.05, 4.69) is 15.9 Å². The Morgan fingerprint density at radius 3 is 2.62 bits per heavy atom. The molecule has 3 aromatic rings. The number of ether oxygens (including phenoxy) is 1. The van der Waals surface area contributed by atoms with Gasteiger partial charge in [0.2, 0.25) is 0 Å². The zero-order valence-corrected chi connectivity index (χ0v) is 17.8. The summed E-state index contributed by atoms with van der Waals surface area (Å²) in [6, 6.07) is 19.8. The van der Waals surface area contributed by atoms with Gasteiger partial charge in [-0.25, -0.2) is 9.18 Å². The van der Waals surface area contributed by atoms with E-state index in [1.54, 1.807) is 17.0 Å². The number of rotatable bonds is 3. The summed E-state index contributed by atoms with van der Waals surface area (Å²) >= 11 is 9.67. The van der Waals surface area contributed by atoms with Crippen molar-refractivity contribution in [1.29, 1.82) is 0 Å². The van der Waals surface area contributed by atoms with Crippen molar-refractivity contribution in [3.63, 3.8) is 0 Å². The fourth-order valence-electron chi connectivity index (χ4n) is 3.65. The normalized spacial score (nSPS) is 15.7. The minimum absolute atomic E-state index is 0.156. The van der Waals surface area contributed by atoms with E-state index in [1.165, 1.54) is 6.07 Å². The first-order valence-corrected chi connectivity index (χ1v) is 10.4. The molecule has 0 aromatic heterocycles. The Balaban J connectivity index is 1.71. The fourth-order valence-corrected chi connectivity index (χ4v) is 4.24. The lowest BCUT2D eigenvalue weighted by Gasteiger charge is -2.37. The lowest BCUT2D eigenvalue weighted by Crippen LogP contribution is -2.39. The van der Waals surface area contributed by atoms with Crippen LogP contribution in [0.1, 0.15) is 29.2 Å². The predicted molar refractivity (Wildman–Crippen MR) is 116 cm³/mol. The number of fused-ring (bicyclic) bond motifs is 1. The molecule has 0 saturated heterocycles. The number of halogens is 3. The van der Waals surface area contributed by atoms with Crippen LogP contribution in [0.4, 0.5) is 14.9 Å². The Labute approximate surface area is 182 Å². The maximum Gasteiger partial charge on any atom is 0.415 e. The van der Waals surface area contributed by atoms with Gasteiger partial charge in [0.25, 0.3) is 0 Å². The van der Waals surface area contributed by atoms with Crippen LogP contribution in [0.25, 0.3) is 0 Å². The molecule has 0 N–H and O–H groups in total. The average molecular weight is 475 g/mol. The highest BCUT2D eigenvalue weighted by Gasteiger charge is 2.35. The van der Waals surface area contributed by atoms with E-state index in [1.807, 2.05) is 48.5 Å². The predicted octanol–water partition coefficient (Wildman–Crippen LogP) is 7.07. The van der Waals surface area contributed by atoms with Crippen LogP contribution in [0.3, 0.4) is 0 Å². The first-order chi connectivity index (χ1) is 14.0. The summed E-state index contributed by atoms with van der Waals surface area (Å²) in [5, 5.41) is 0.586. The summed E-state index contributed by atoms with van der Waals surface area (Å²) in [6.45, 7) is 0.156. The third-order valence-electron chi connectivity index (χ3n) is 5.05. The van der Waals surface area contributed by atoms with Gasteiger partial charge < -0.3 is 4.74 Å².